The van der Waals surface area contributed by atoms with Gasteiger partial charge in [-0.05, 0) is 43.7 Å². The molecule has 1 saturated carbocycles. The first-order valence-corrected chi connectivity index (χ1v) is 9.47. The quantitative estimate of drug-likeness (QED) is 0.298. The van der Waals surface area contributed by atoms with Crippen molar-refractivity contribution in [3.05, 3.63) is 30.3 Å². The predicted octanol–water partition coefficient (Wildman–Crippen LogP) is 3.15. The van der Waals surface area contributed by atoms with Crippen molar-refractivity contribution in [2.24, 2.45) is 10.4 Å². The number of nitrogens with one attached hydrogen (secondary N) is 2. The maximum atomic E-state index is 5.49. The molecule has 0 saturated heterocycles. The van der Waals surface area contributed by atoms with Crippen LogP contribution in [0.3, 0.4) is 0 Å². The van der Waals surface area contributed by atoms with Crippen LogP contribution in [-0.2, 0) is 4.74 Å². The molecule has 1 aromatic carbocycles. The van der Waals surface area contributed by atoms with Crippen LogP contribution in [-0.4, -0.2) is 45.1 Å². The summed E-state index contributed by atoms with van der Waals surface area (Å²) in [6, 6.07) is 10.5. The average molecular weight is 336 g/mol. The molecule has 1 aliphatic rings. The van der Waals surface area contributed by atoms with Crippen LogP contribution in [0.2, 0.25) is 0 Å². The summed E-state index contributed by atoms with van der Waals surface area (Å²) >= 11 is 1.86. The standard InChI is InChI=1S/C18H29N3OS/c1-3-22-13-11-18(9-10-18)15-21-17(19-2)20-12-14-23-16-7-5-4-6-8-16/h4-8H,3,9-15H2,1-2H3,(H2,19,20,21). The number of hydrogen-bond donors (Lipinski definition) is 2. The number of benzene rings is 1. The fraction of sp³-hybridized carbons (Fsp3) is 0.611. The van der Waals surface area contributed by atoms with E-state index in [1.807, 2.05) is 24.9 Å². The van der Waals surface area contributed by atoms with E-state index in [2.05, 4.69) is 46.8 Å². The van der Waals surface area contributed by atoms with E-state index in [0.29, 0.717) is 5.41 Å². The molecule has 0 aromatic heterocycles. The number of aliphatic imine (C=N–C) groups is 1. The highest BCUT2D eigenvalue weighted by molar-refractivity contribution is 7.99. The molecule has 2 N–H and O–H groups in total. The zero-order chi connectivity index (χ0) is 16.4. The Morgan fingerprint density at radius 1 is 1.26 bits per heavy atom. The molecule has 1 aromatic rings. The molecule has 4 nitrogen and oxygen atoms in total. The summed E-state index contributed by atoms with van der Waals surface area (Å²) < 4.78 is 5.49. The molecule has 0 amide bonds. The highest BCUT2D eigenvalue weighted by Crippen LogP contribution is 2.48. The average Bonchev–Trinajstić information content (AvgIpc) is 3.36. The van der Waals surface area contributed by atoms with Gasteiger partial charge in [-0.1, -0.05) is 18.2 Å². The van der Waals surface area contributed by atoms with Gasteiger partial charge in [0.2, 0.25) is 0 Å². The second kappa shape index (κ2) is 9.83. The minimum absolute atomic E-state index is 0.436. The summed E-state index contributed by atoms with van der Waals surface area (Å²) in [5.41, 5.74) is 0.436. The Bertz CT molecular complexity index is 474. The molecular formula is C18H29N3OS. The van der Waals surface area contributed by atoms with E-state index in [1.54, 1.807) is 0 Å². The van der Waals surface area contributed by atoms with Crippen molar-refractivity contribution in [2.75, 3.05) is 39.1 Å². The van der Waals surface area contributed by atoms with Gasteiger partial charge in [-0.25, -0.2) is 0 Å². The molecule has 2 rings (SSSR count). The first kappa shape index (κ1) is 18.1. The van der Waals surface area contributed by atoms with Crippen LogP contribution in [0.4, 0.5) is 0 Å². The number of ether oxygens (including phenoxy) is 1. The van der Waals surface area contributed by atoms with Crippen LogP contribution in [0.15, 0.2) is 40.2 Å². The molecule has 0 atom stereocenters. The lowest BCUT2D eigenvalue weighted by molar-refractivity contribution is 0.128. The summed E-state index contributed by atoms with van der Waals surface area (Å²) in [5.74, 6) is 1.93. The Balaban J connectivity index is 1.60. The highest BCUT2D eigenvalue weighted by Gasteiger charge is 2.41. The first-order chi connectivity index (χ1) is 11.3. The van der Waals surface area contributed by atoms with Gasteiger partial charge in [0.1, 0.15) is 0 Å². The first-order valence-electron chi connectivity index (χ1n) is 8.48. The summed E-state index contributed by atoms with van der Waals surface area (Å²) in [6.45, 7) is 5.64. The van der Waals surface area contributed by atoms with Crippen LogP contribution in [0, 0.1) is 5.41 Å². The van der Waals surface area contributed by atoms with Crippen molar-refractivity contribution in [2.45, 2.75) is 31.1 Å². The molecule has 5 heteroatoms. The van der Waals surface area contributed by atoms with Crippen molar-refractivity contribution in [1.82, 2.24) is 10.6 Å². The van der Waals surface area contributed by atoms with Gasteiger partial charge in [0, 0.05) is 44.0 Å². The maximum Gasteiger partial charge on any atom is 0.191 e. The molecule has 0 unspecified atom stereocenters. The summed E-state index contributed by atoms with van der Waals surface area (Å²) in [5, 5.41) is 6.87. The molecule has 23 heavy (non-hydrogen) atoms. The van der Waals surface area contributed by atoms with E-state index in [9.17, 15) is 0 Å². The Hall–Kier alpha value is -1.20. The van der Waals surface area contributed by atoms with Gasteiger partial charge in [0.15, 0.2) is 5.96 Å². The molecule has 0 radical (unpaired) electrons. The number of nitrogens with zero attached hydrogens (tertiary/aromatic N) is 1. The van der Waals surface area contributed by atoms with Gasteiger partial charge >= 0.3 is 0 Å². The lowest BCUT2D eigenvalue weighted by Gasteiger charge is -2.18. The van der Waals surface area contributed by atoms with Gasteiger partial charge in [0.05, 0.1) is 0 Å². The molecule has 0 heterocycles. The van der Waals surface area contributed by atoms with E-state index in [1.165, 1.54) is 17.7 Å². The van der Waals surface area contributed by atoms with Gasteiger partial charge in [-0.3, -0.25) is 4.99 Å². The van der Waals surface area contributed by atoms with Crippen molar-refractivity contribution in [1.29, 1.82) is 0 Å². The Morgan fingerprint density at radius 3 is 2.70 bits per heavy atom. The van der Waals surface area contributed by atoms with E-state index < -0.39 is 0 Å². The predicted molar refractivity (Wildman–Crippen MR) is 99.3 cm³/mol. The van der Waals surface area contributed by atoms with Crippen LogP contribution in [0.25, 0.3) is 0 Å². The molecule has 0 aliphatic heterocycles. The van der Waals surface area contributed by atoms with Crippen molar-refractivity contribution < 1.29 is 4.74 Å². The second-order valence-electron chi connectivity index (χ2n) is 5.96. The fourth-order valence-electron chi connectivity index (χ4n) is 2.47. The van der Waals surface area contributed by atoms with Crippen LogP contribution in [0.5, 0.6) is 0 Å². The monoisotopic (exact) mass is 335 g/mol. The second-order valence-corrected chi connectivity index (χ2v) is 7.13. The van der Waals surface area contributed by atoms with Gasteiger partial charge in [-0.2, -0.15) is 0 Å². The summed E-state index contributed by atoms with van der Waals surface area (Å²) in [4.78, 5) is 5.62. The maximum absolute atomic E-state index is 5.49. The summed E-state index contributed by atoms with van der Waals surface area (Å²) in [7, 11) is 1.83. The normalized spacial score (nSPS) is 16.2. The molecule has 0 bridgehead atoms. The highest BCUT2D eigenvalue weighted by atomic mass is 32.2. The summed E-state index contributed by atoms with van der Waals surface area (Å²) in [6.07, 6.45) is 3.75. The Kier molecular flexibility index (Phi) is 7.76. The van der Waals surface area contributed by atoms with Gasteiger partial charge in [0.25, 0.3) is 0 Å². The number of rotatable bonds is 10. The molecule has 0 spiro atoms. The molecule has 1 aliphatic carbocycles. The Labute approximate surface area is 144 Å². The Morgan fingerprint density at radius 2 is 2.04 bits per heavy atom. The van der Waals surface area contributed by atoms with Crippen molar-refractivity contribution in [3.8, 4) is 0 Å². The minimum atomic E-state index is 0.436. The van der Waals surface area contributed by atoms with Gasteiger partial charge in [-0.15, -0.1) is 11.8 Å². The van der Waals surface area contributed by atoms with Crippen molar-refractivity contribution >= 4 is 17.7 Å². The minimum Gasteiger partial charge on any atom is -0.382 e. The lowest BCUT2D eigenvalue weighted by Crippen LogP contribution is -2.41. The van der Waals surface area contributed by atoms with Crippen LogP contribution < -0.4 is 10.6 Å². The van der Waals surface area contributed by atoms with E-state index in [4.69, 9.17) is 4.74 Å². The number of thioether (sulfide) groups is 1. The molecule has 1 fully saturated rings. The van der Waals surface area contributed by atoms with Gasteiger partial charge < -0.3 is 15.4 Å². The zero-order valence-electron chi connectivity index (χ0n) is 14.3. The van der Waals surface area contributed by atoms with Crippen LogP contribution in [0.1, 0.15) is 26.2 Å². The molecule has 128 valence electrons. The zero-order valence-corrected chi connectivity index (χ0v) is 15.1. The van der Waals surface area contributed by atoms with E-state index in [0.717, 1.165) is 44.4 Å². The smallest absolute Gasteiger partial charge is 0.191 e. The van der Waals surface area contributed by atoms with Crippen LogP contribution >= 0.6 is 11.8 Å². The fourth-order valence-corrected chi connectivity index (χ4v) is 3.26. The topological polar surface area (TPSA) is 45.6 Å². The number of guanidine groups is 1. The largest absolute Gasteiger partial charge is 0.382 e. The van der Waals surface area contributed by atoms with Crippen molar-refractivity contribution in [3.63, 3.8) is 0 Å². The SMILES string of the molecule is CCOCCC1(CNC(=NC)NCCSc2ccccc2)CC1. The van der Waals surface area contributed by atoms with E-state index >= 15 is 0 Å². The lowest BCUT2D eigenvalue weighted by atomic mass is 10.0. The number of hydrogen-bond acceptors (Lipinski definition) is 3. The third kappa shape index (κ3) is 6.83. The molecular weight excluding hydrogens is 306 g/mol. The van der Waals surface area contributed by atoms with E-state index in [-0.39, 0.29) is 0 Å². The third-order valence-electron chi connectivity index (χ3n) is 4.20. The third-order valence-corrected chi connectivity index (χ3v) is 5.21.